The molecule has 198 valence electrons. The summed E-state index contributed by atoms with van der Waals surface area (Å²) in [5.41, 5.74) is 1.17. The number of methoxy groups -OCH3 is 1. The van der Waals surface area contributed by atoms with Crippen LogP contribution in [0.4, 0.5) is 0 Å². The van der Waals surface area contributed by atoms with Crippen molar-refractivity contribution in [2.45, 2.75) is 35.7 Å². The number of aliphatic hydroxyl groups is 1. The standard InChI is InChI=1S/C28H25BrO9/c1-34-27(32)28(33)23(29)21(36-24(30)19-13-7-3-8-14-19)22(37-25(31)20-15-9-4-10-16-20)26(38-28)35-17-18-11-5-2-6-12-18/h2-16,21-23,26,33H,17H2,1H3/t21-,22-,23+,26-,28-/m1/s1. The normalized spacial score (nSPS) is 24.7. The van der Waals surface area contributed by atoms with Gasteiger partial charge < -0.3 is 28.8 Å². The van der Waals surface area contributed by atoms with E-state index < -0.39 is 47.0 Å². The van der Waals surface area contributed by atoms with Crippen LogP contribution in [0.2, 0.25) is 0 Å². The third kappa shape index (κ3) is 6.11. The first-order valence-electron chi connectivity index (χ1n) is 11.6. The minimum absolute atomic E-state index is 0.0333. The average Bonchev–Trinajstić information content (AvgIpc) is 2.96. The second-order valence-corrected chi connectivity index (χ2v) is 9.33. The predicted molar refractivity (Wildman–Crippen MR) is 137 cm³/mol. The van der Waals surface area contributed by atoms with E-state index in [9.17, 15) is 19.5 Å². The Labute approximate surface area is 227 Å². The van der Waals surface area contributed by atoms with Crippen LogP contribution in [-0.2, 0) is 35.1 Å². The topological polar surface area (TPSA) is 118 Å². The summed E-state index contributed by atoms with van der Waals surface area (Å²) < 4.78 is 27.8. The summed E-state index contributed by atoms with van der Waals surface area (Å²) in [6, 6.07) is 25.3. The van der Waals surface area contributed by atoms with E-state index in [1.165, 1.54) is 12.1 Å². The molecule has 1 fully saturated rings. The van der Waals surface area contributed by atoms with Crippen molar-refractivity contribution in [1.82, 2.24) is 0 Å². The van der Waals surface area contributed by atoms with Crippen molar-refractivity contribution in [2.75, 3.05) is 7.11 Å². The van der Waals surface area contributed by atoms with Crippen LogP contribution in [0.25, 0.3) is 0 Å². The minimum atomic E-state index is -2.65. The zero-order chi connectivity index (χ0) is 27.1. The molecule has 10 heteroatoms. The van der Waals surface area contributed by atoms with Gasteiger partial charge in [0.15, 0.2) is 12.2 Å². The molecule has 3 aromatic rings. The summed E-state index contributed by atoms with van der Waals surface area (Å²) in [6.07, 6.45) is -4.36. The summed E-state index contributed by atoms with van der Waals surface area (Å²) in [5.74, 6) is -5.34. The van der Waals surface area contributed by atoms with E-state index in [0.29, 0.717) is 0 Å². The molecule has 38 heavy (non-hydrogen) atoms. The van der Waals surface area contributed by atoms with E-state index in [0.717, 1.165) is 12.7 Å². The third-order valence-corrected chi connectivity index (χ3v) is 6.93. The largest absolute Gasteiger partial charge is 0.465 e. The van der Waals surface area contributed by atoms with Crippen molar-refractivity contribution in [3.63, 3.8) is 0 Å². The Bertz CT molecular complexity index is 1240. The molecule has 0 unspecified atom stereocenters. The van der Waals surface area contributed by atoms with Crippen LogP contribution in [0.3, 0.4) is 0 Å². The van der Waals surface area contributed by atoms with Gasteiger partial charge >= 0.3 is 17.9 Å². The molecule has 1 saturated heterocycles. The summed E-state index contributed by atoms with van der Waals surface area (Å²) in [6.45, 7) is -0.0333. The number of carbonyl (C=O) groups excluding carboxylic acids is 3. The molecule has 0 aliphatic carbocycles. The first kappa shape index (κ1) is 27.5. The van der Waals surface area contributed by atoms with Gasteiger partial charge in [-0.05, 0) is 29.8 Å². The molecule has 1 aliphatic rings. The maximum Gasteiger partial charge on any atom is 0.367 e. The fourth-order valence-electron chi connectivity index (χ4n) is 3.82. The van der Waals surface area contributed by atoms with Gasteiger partial charge in [-0.15, -0.1) is 0 Å². The van der Waals surface area contributed by atoms with Crippen LogP contribution in [0, 0.1) is 0 Å². The van der Waals surface area contributed by atoms with E-state index in [4.69, 9.17) is 23.7 Å². The second kappa shape index (κ2) is 12.3. The van der Waals surface area contributed by atoms with Gasteiger partial charge in [0.25, 0.3) is 5.79 Å². The Balaban J connectivity index is 1.70. The predicted octanol–water partition coefficient (Wildman–Crippen LogP) is 3.64. The first-order chi connectivity index (χ1) is 18.3. The fraction of sp³-hybridized carbons (Fsp3) is 0.250. The van der Waals surface area contributed by atoms with Gasteiger partial charge in [0.05, 0.1) is 24.8 Å². The highest BCUT2D eigenvalue weighted by Crippen LogP contribution is 2.38. The van der Waals surface area contributed by atoms with Gasteiger partial charge in [-0.25, -0.2) is 14.4 Å². The van der Waals surface area contributed by atoms with Crippen LogP contribution in [-0.4, -0.2) is 59.2 Å². The Morgan fingerprint density at radius 1 is 0.816 bits per heavy atom. The quantitative estimate of drug-likeness (QED) is 0.240. The van der Waals surface area contributed by atoms with Gasteiger partial charge in [-0.2, -0.15) is 0 Å². The van der Waals surface area contributed by atoms with Crippen LogP contribution >= 0.6 is 15.9 Å². The summed E-state index contributed by atoms with van der Waals surface area (Å²) >= 11 is 3.23. The number of hydrogen-bond donors (Lipinski definition) is 1. The second-order valence-electron chi connectivity index (χ2n) is 8.34. The van der Waals surface area contributed by atoms with E-state index in [2.05, 4.69) is 15.9 Å². The van der Waals surface area contributed by atoms with Crippen LogP contribution in [0.1, 0.15) is 26.3 Å². The molecule has 0 saturated carbocycles. The van der Waals surface area contributed by atoms with E-state index in [1.807, 2.05) is 6.07 Å². The van der Waals surface area contributed by atoms with E-state index in [1.54, 1.807) is 72.8 Å². The fourth-order valence-corrected chi connectivity index (χ4v) is 4.53. The van der Waals surface area contributed by atoms with Crippen LogP contribution in [0.5, 0.6) is 0 Å². The average molecular weight is 585 g/mol. The van der Waals surface area contributed by atoms with Gasteiger partial charge in [0.2, 0.25) is 6.29 Å². The molecule has 1 aliphatic heterocycles. The number of carbonyl (C=O) groups is 3. The van der Waals surface area contributed by atoms with Crippen molar-refractivity contribution < 1.29 is 43.2 Å². The zero-order valence-electron chi connectivity index (χ0n) is 20.3. The Morgan fingerprint density at radius 3 is 1.79 bits per heavy atom. The molecule has 3 aromatic carbocycles. The lowest BCUT2D eigenvalue weighted by Gasteiger charge is -2.45. The Morgan fingerprint density at radius 2 is 1.29 bits per heavy atom. The highest BCUT2D eigenvalue weighted by atomic mass is 79.9. The molecule has 0 radical (unpaired) electrons. The number of rotatable bonds is 8. The van der Waals surface area contributed by atoms with Crippen LogP contribution in [0.15, 0.2) is 91.0 Å². The lowest BCUT2D eigenvalue weighted by molar-refractivity contribution is -0.345. The monoisotopic (exact) mass is 584 g/mol. The minimum Gasteiger partial charge on any atom is -0.465 e. The molecule has 1 heterocycles. The van der Waals surface area contributed by atoms with Gasteiger partial charge in [-0.3, -0.25) is 0 Å². The van der Waals surface area contributed by atoms with Gasteiger partial charge in [0, 0.05) is 0 Å². The molecule has 9 nitrogen and oxygen atoms in total. The molecule has 0 aromatic heterocycles. The van der Waals surface area contributed by atoms with E-state index in [-0.39, 0.29) is 17.7 Å². The number of alkyl halides is 1. The maximum atomic E-state index is 13.0. The molecule has 0 amide bonds. The smallest absolute Gasteiger partial charge is 0.367 e. The number of halogens is 1. The molecule has 0 spiro atoms. The number of hydrogen-bond acceptors (Lipinski definition) is 9. The van der Waals surface area contributed by atoms with Crippen molar-refractivity contribution in [3.05, 3.63) is 108 Å². The molecule has 0 bridgehead atoms. The molecule has 4 rings (SSSR count). The van der Waals surface area contributed by atoms with Crippen molar-refractivity contribution >= 4 is 33.8 Å². The van der Waals surface area contributed by atoms with Gasteiger partial charge in [-0.1, -0.05) is 82.7 Å². The lowest BCUT2D eigenvalue weighted by atomic mass is 9.98. The molecular weight excluding hydrogens is 560 g/mol. The van der Waals surface area contributed by atoms with Gasteiger partial charge in [0.1, 0.15) is 4.83 Å². The molecule has 1 N–H and O–H groups in total. The van der Waals surface area contributed by atoms with Crippen LogP contribution < -0.4 is 0 Å². The summed E-state index contributed by atoms with van der Waals surface area (Å²) in [7, 11) is 1.07. The van der Waals surface area contributed by atoms with Crippen molar-refractivity contribution in [2.24, 2.45) is 0 Å². The molecular formula is C28H25BrO9. The number of esters is 3. The Kier molecular flexibility index (Phi) is 8.90. The maximum absolute atomic E-state index is 13.0. The van der Waals surface area contributed by atoms with E-state index >= 15 is 0 Å². The Hall–Kier alpha value is -3.57. The highest BCUT2D eigenvalue weighted by molar-refractivity contribution is 9.09. The van der Waals surface area contributed by atoms with Crippen molar-refractivity contribution in [1.29, 1.82) is 0 Å². The highest BCUT2D eigenvalue weighted by Gasteiger charge is 2.61. The van der Waals surface area contributed by atoms with Crippen molar-refractivity contribution in [3.8, 4) is 0 Å². The first-order valence-corrected chi connectivity index (χ1v) is 12.6. The lowest BCUT2D eigenvalue weighted by Crippen LogP contribution is -2.67. The summed E-state index contributed by atoms with van der Waals surface area (Å²) in [4.78, 5) is 37.3. The SMILES string of the molecule is COC(=O)[C@]1(O)O[C@@H](OCc2ccccc2)[C@H](OC(=O)c2ccccc2)[C@@H](OC(=O)c2ccccc2)[C@@H]1Br. The molecule has 5 atom stereocenters. The zero-order valence-corrected chi connectivity index (χ0v) is 21.9. The summed E-state index contributed by atoms with van der Waals surface area (Å²) in [5, 5.41) is 11.2. The number of ether oxygens (including phenoxy) is 5. The third-order valence-electron chi connectivity index (χ3n) is 5.79. The number of benzene rings is 3.